The number of anilines is 1. The van der Waals surface area contributed by atoms with Gasteiger partial charge < -0.3 is 5.73 Å². The molecule has 0 amide bonds. The summed E-state index contributed by atoms with van der Waals surface area (Å²) in [5, 5.41) is 0. The molecule has 0 saturated heterocycles. The van der Waals surface area contributed by atoms with Crippen LogP contribution in [-0.2, 0) is 10.0 Å². The molecule has 0 spiro atoms. The van der Waals surface area contributed by atoms with Gasteiger partial charge in [-0.2, -0.15) is 0 Å². The first kappa shape index (κ1) is 16.2. The third kappa shape index (κ3) is 3.95. The summed E-state index contributed by atoms with van der Waals surface area (Å²) in [5.74, 6) is 0.0410. The van der Waals surface area contributed by atoms with Gasteiger partial charge in [-0.25, -0.2) is 18.1 Å². The van der Waals surface area contributed by atoms with Gasteiger partial charge in [0.1, 0.15) is 10.7 Å². The number of nitrogen functional groups attached to an aromatic ring is 1. The van der Waals surface area contributed by atoms with Crippen LogP contribution in [0.4, 0.5) is 5.82 Å². The van der Waals surface area contributed by atoms with Crippen LogP contribution in [-0.4, -0.2) is 19.4 Å². The molecule has 0 unspecified atom stereocenters. The van der Waals surface area contributed by atoms with E-state index in [-0.39, 0.29) is 27.6 Å². The van der Waals surface area contributed by atoms with Gasteiger partial charge in [-0.1, -0.05) is 27.7 Å². The van der Waals surface area contributed by atoms with E-state index in [1.807, 2.05) is 0 Å². The first-order valence-corrected chi connectivity index (χ1v) is 8.72. The lowest BCUT2D eigenvalue weighted by molar-refractivity contribution is 0.0934. The van der Waals surface area contributed by atoms with Crippen molar-refractivity contribution in [2.75, 3.05) is 5.73 Å². The fourth-order valence-electron chi connectivity index (χ4n) is 3.84. The Balaban J connectivity index is 2.23. The molecule has 1 fully saturated rings. The number of rotatable bonds is 3. The van der Waals surface area contributed by atoms with Crippen LogP contribution >= 0.6 is 0 Å². The monoisotopic (exact) mass is 311 g/mol. The first-order chi connectivity index (χ1) is 9.51. The number of nitrogens with one attached hydrogen (secondary N) is 1. The molecule has 1 heterocycles. The lowest BCUT2D eigenvalue weighted by Gasteiger charge is -2.45. The van der Waals surface area contributed by atoms with Crippen LogP contribution in [0.2, 0.25) is 0 Å². The van der Waals surface area contributed by atoms with Crippen molar-refractivity contribution in [2.45, 2.75) is 57.9 Å². The van der Waals surface area contributed by atoms with Crippen molar-refractivity contribution in [1.29, 1.82) is 0 Å². The molecule has 0 radical (unpaired) electrons. The SMILES string of the molecule is CC1(C)CC(NS(=O)(=O)c2cccnc2N)CC(C)(C)C1. The Hall–Kier alpha value is -1.14. The van der Waals surface area contributed by atoms with Crippen LogP contribution in [0.15, 0.2) is 23.2 Å². The van der Waals surface area contributed by atoms with Crippen LogP contribution in [0.3, 0.4) is 0 Å². The molecule has 0 atom stereocenters. The van der Waals surface area contributed by atoms with Crippen LogP contribution in [0.1, 0.15) is 47.0 Å². The van der Waals surface area contributed by atoms with Crippen molar-refractivity contribution in [3.63, 3.8) is 0 Å². The zero-order chi connectivity index (χ0) is 15.9. The smallest absolute Gasteiger partial charge is 0.244 e. The lowest BCUT2D eigenvalue weighted by Crippen LogP contribution is -2.46. The minimum absolute atomic E-state index is 0.0410. The number of hydrogen-bond acceptors (Lipinski definition) is 4. The highest BCUT2D eigenvalue weighted by atomic mass is 32.2. The molecule has 5 nitrogen and oxygen atoms in total. The van der Waals surface area contributed by atoms with Crippen molar-refractivity contribution < 1.29 is 8.42 Å². The second-order valence-corrected chi connectivity index (χ2v) is 9.30. The summed E-state index contributed by atoms with van der Waals surface area (Å²) in [6, 6.07) is 3.00. The predicted octanol–water partition coefficient (Wildman–Crippen LogP) is 2.55. The summed E-state index contributed by atoms with van der Waals surface area (Å²) in [7, 11) is -3.63. The maximum atomic E-state index is 12.5. The Morgan fingerprint density at radius 3 is 2.33 bits per heavy atom. The predicted molar refractivity (Wildman–Crippen MR) is 84.2 cm³/mol. The Morgan fingerprint density at radius 1 is 1.24 bits per heavy atom. The average Bonchev–Trinajstić information content (AvgIpc) is 2.23. The summed E-state index contributed by atoms with van der Waals surface area (Å²) in [6.45, 7) is 8.75. The summed E-state index contributed by atoms with van der Waals surface area (Å²) >= 11 is 0. The normalized spacial score (nSPS) is 22.1. The van der Waals surface area contributed by atoms with Crippen LogP contribution in [0.5, 0.6) is 0 Å². The summed E-state index contributed by atoms with van der Waals surface area (Å²) in [6.07, 6.45) is 4.24. The van der Waals surface area contributed by atoms with E-state index in [1.165, 1.54) is 12.3 Å². The van der Waals surface area contributed by atoms with Crippen molar-refractivity contribution in [1.82, 2.24) is 9.71 Å². The number of nitrogens with two attached hydrogens (primary N) is 1. The first-order valence-electron chi connectivity index (χ1n) is 7.24. The van der Waals surface area contributed by atoms with Gasteiger partial charge in [0.15, 0.2) is 0 Å². The van der Waals surface area contributed by atoms with Crippen molar-refractivity contribution in [2.24, 2.45) is 10.8 Å². The van der Waals surface area contributed by atoms with Crippen molar-refractivity contribution >= 4 is 15.8 Å². The van der Waals surface area contributed by atoms with Crippen LogP contribution in [0.25, 0.3) is 0 Å². The van der Waals surface area contributed by atoms with Crippen molar-refractivity contribution in [3.8, 4) is 0 Å². The second-order valence-electron chi connectivity index (χ2n) is 7.62. The minimum Gasteiger partial charge on any atom is -0.383 e. The third-order valence-corrected chi connectivity index (χ3v) is 5.53. The molecule has 21 heavy (non-hydrogen) atoms. The third-order valence-electron chi connectivity index (χ3n) is 3.97. The molecular formula is C15H25N3O2S. The van der Waals surface area contributed by atoms with Gasteiger partial charge in [0, 0.05) is 12.2 Å². The fourth-order valence-corrected chi connectivity index (χ4v) is 5.16. The molecule has 3 N–H and O–H groups in total. The van der Waals surface area contributed by atoms with E-state index >= 15 is 0 Å². The van der Waals surface area contributed by atoms with Gasteiger partial charge in [0.05, 0.1) is 0 Å². The van der Waals surface area contributed by atoms with E-state index in [0.29, 0.717) is 0 Å². The topological polar surface area (TPSA) is 85.1 Å². The van der Waals surface area contributed by atoms with Gasteiger partial charge in [-0.15, -0.1) is 0 Å². The number of aromatic nitrogens is 1. The van der Waals surface area contributed by atoms with Gasteiger partial charge >= 0.3 is 0 Å². The highest BCUT2D eigenvalue weighted by molar-refractivity contribution is 7.89. The standard InChI is InChI=1S/C15H25N3O2S/c1-14(2)8-11(9-15(3,4)10-14)18-21(19,20)12-6-5-7-17-13(12)16/h5-7,11,18H,8-10H2,1-4H3,(H2,16,17). The number of nitrogens with zero attached hydrogens (tertiary/aromatic N) is 1. The minimum atomic E-state index is -3.63. The maximum Gasteiger partial charge on any atom is 0.244 e. The molecule has 1 saturated carbocycles. The molecule has 1 aromatic rings. The molecule has 1 aliphatic carbocycles. The largest absolute Gasteiger partial charge is 0.383 e. The Kier molecular flexibility index (Phi) is 4.06. The van der Waals surface area contributed by atoms with Gasteiger partial charge in [0.2, 0.25) is 10.0 Å². The average molecular weight is 311 g/mol. The molecule has 1 aromatic heterocycles. The van der Waals surface area contributed by atoms with E-state index in [0.717, 1.165) is 19.3 Å². The highest BCUT2D eigenvalue weighted by Crippen LogP contribution is 2.45. The molecule has 2 rings (SSSR count). The second kappa shape index (κ2) is 5.25. The Morgan fingerprint density at radius 2 is 1.81 bits per heavy atom. The van der Waals surface area contributed by atoms with Crippen molar-refractivity contribution in [3.05, 3.63) is 18.3 Å². The quantitative estimate of drug-likeness (QED) is 0.898. The number of pyridine rings is 1. The molecule has 6 heteroatoms. The zero-order valence-corrected chi connectivity index (χ0v) is 14.0. The van der Waals surface area contributed by atoms with Gasteiger partial charge in [-0.05, 0) is 42.2 Å². The summed E-state index contributed by atoms with van der Waals surface area (Å²) in [5.41, 5.74) is 5.93. The van der Waals surface area contributed by atoms with Crippen LogP contribution < -0.4 is 10.5 Å². The highest BCUT2D eigenvalue weighted by Gasteiger charge is 2.40. The van der Waals surface area contributed by atoms with E-state index in [1.54, 1.807) is 6.07 Å². The van der Waals surface area contributed by atoms with Gasteiger partial charge in [-0.3, -0.25) is 0 Å². The Labute approximate surface area is 127 Å². The van der Waals surface area contributed by atoms with Crippen LogP contribution in [0, 0.1) is 10.8 Å². The Bertz CT molecular complexity index is 608. The maximum absolute atomic E-state index is 12.5. The number of hydrogen-bond donors (Lipinski definition) is 2. The fraction of sp³-hybridized carbons (Fsp3) is 0.667. The van der Waals surface area contributed by atoms with E-state index in [9.17, 15) is 8.42 Å². The molecule has 1 aliphatic rings. The molecule has 118 valence electrons. The van der Waals surface area contributed by atoms with E-state index < -0.39 is 10.0 Å². The van der Waals surface area contributed by atoms with Gasteiger partial charge in [0.25, 0.3) is 0 Å². The van der Waals surface area contributed by atoms with E-state index in [2.05, 4.69) is 37.4 Å². The lowest BCUT2D eigenvalue weighted by atomic mass is 9.64. The molecular weight excluding hydrogens is 286 g/mol. The summed E-state index contributed by atoms with van der Waals surface area (Å²) < 4.78 is 27.8. The molecule has 0 aliphatic heterocycles. The number of sulfonamides is 1. The van der Waals surface area contributed by atoms with E-state index in [4.69, 9.17) is 5.73 Å². The summed E-state index contributed by atoms with van der Waals surface area (Å²) in [4.78, 5) is 3.92. The molecule has 0 aromatic carbocycles. The molecule has 0 bridgehead atoms. The zero-order valence-electron chi connectivity index (χ0n) is 13.2.